The number of hydrogen-bond donors (Lipinski definition) is 3. The molecule has 330 valence electrons. The van der Waals surface area contributed by atoms with Crippen molar-refractivity contribution in [2.75, 3.05) is 19.8 Å². The van der Waals surface area contributed by atoms with Crippen molar-refractivity contribution in [3.05, 3.63) is 12.2 Å². The Kier molecular flexibility index (Phi) is 38.7. The highest BCUT2D eigenvalue weighted by molar-refractivity contribution is 7.47. The molecular formula is C44H84NO10P. The molecule has 3 atom stereocenters. The number of rotatable bonds is 43. The van der Waals surface area contributed by atoms with Crippen molar-refractivity contribution in [3.63, 3.8) is 0 Å². The number of carboxylic acid groups (broad SMARTS) is 1. The normalized spacial score (nSPS) is 13.8. The Balaban J connectivity index is 4.17. The first kappa shape index (κ1) is 54.2. The molecule has 0 aromatic carbocycles. The number of aliphatic carboxylic acids is 1. The first-order valence-corrected chi connectivity index (χ1v) is 24.2. The largest absolute Gasteiger partial charge is 0.480 e. The van der Waals surface area contributed by atoms with Gasteiger partial charge in [0.15, 0.2) is 6.10 Å². The van der Waals surface area contributed by atoms with Crippen LogP contribution in [-0.2, 0) is 37.5 Å². The van der Waals surface area contributed by atoms with E-state index in [9.17, 15) is 23.8 Å². The third kappa shape index (κ3) is 39.1. The van der Waals surface area contributed by atoms with E-state index in [1.165, 1.54) is 141 Å². The van der Waals surface area contributed by atoms with Gasteiger partial charge in [0.05, 0.1) is 13.2 Å². The highest BCUT2D eigenvalue weighted by atomic mass is 31.2. The van der Waals surface area contributed by atoms with Crippen LogP contribution in [0.2, 0.25) is 0 Å². The van der Waals surface area contributed by atoms with Crippen LogP contribution in [-0.4, -0.2) is 59.9 Å². The molecule has 0 aliphatic rings. The summed E-state index contributed by atoms with van der Waals surface area (Å²) in [6.07, 6.45) is 40.1. The zero-order chi connectivity index (χ0) is 41.4. The van der Waals surface area contributed by atoms with Gasteiger partial charge >= 0.3 is 25.7 Å². The zero-order valence-electron chi connectivity index (χ0n) is 35.7. The minimum Gasteiger partial charge on any atom is -0.480 e. The minimum atomic E-state index is -4.71. The molecule has 0 amide bonds. The van der Waals surface area contributed by atoms with E-state index < -0.39 is 51.1 Å². The monoisotopic (exact) mass is 818 g/mol. The zero-order valence-corrected chi connectivity index (χ0v) is 36.6. The first-order valence-electron chi connectivity index (χ1n) is 22.7. The molecule has 0 saturated heterocycles. The average Bonchev–Trinajstić information content (AvgIpc) is 3.17. The molecule has 0 aromatic heterocycles. The van der Waals surface area contributed by atoms with Gasteiger partial charge in [-0.05, 0) is 38.5 Å². The maximum absolute atomic E-state index is 12.6. The molecule has 0 radical (unpaired) electrons. The van der Waals surface area contributed by atoms with Gasteiger partial charge in [-0.15, -0.1) is 0 Å². The van der Waals surface area contributed by atoms with Gasteiger partial charge in [0.2, 0.25) is 0 Å². The Labute approximate surface area is 341 Å². The molecule has 0 bridgehead atoms. The van der Waals surface area contributed by atoms with Crippen molar-refractivity contribution in [3.8, 4) is 0 Å². The lowest BCUT2D eigenvalue weighted by molar-refractivity contribution is -0.161. The fraction of sp³-hybridized carbons (Fsp3) is 0.886. The van der Waals surface area contributed by atoms with E-state index in [4.69, 9.17) is 24.8 Å². The van der Waals surface area contributed by atoms with Gasteiger partial charge < -0.3 is 25.2 Å². The quantitative estimate of drug-likeness (QED) is 0.0231. The van der Waals surface area contributed by atoms with Gasteiger partial charge in [-0.25, -0.2) is 4.57 Å². The number of hydrogen-bond acceptors (Lipinski definition) is 9. The van der Waals surface area contributed by atoms with Crippen LogP contribution in [0.15, 0.2) is 12.2 Å². The molecule has 0 aliphatic heterocycles. The number of carbonyl (C=O) groups excluding carboxylic acids is 2. The van der Waals surface area contributed by atoms with Gasteiger partial charge in [0.1, 0.15) is 12.6 Å². The number of phosphoric acid groups is 1. The second-order valence-corrected chi connectivity index (χ2v) is 17.0. The van der Waals surface area contributed by atoms with Crippen molar-refractivity contribution in [1.82, 2.24) is 0 Å². The topological polar surface area (TPSA) is 172 Å². The molecule has 0 fully saturated rings. The predicted molar refractivity (Wildman–Crippen MR) is 226 cm³/mol. The molecule has 11 nitrogen and oxygen atoms in total. The van der Waals surface area contributed by atoms with Crippen molar-refractivity contribution in [1.29, 1.82) is 0 Å². The van der Waals surface area contributed by atoms with E-state index in [0.717, 1.165) is 38.5 Å². The van der Waals surface area contributed by atoms with Crippen LogP contribution in [0.3, 0.4) is 0 Å². The van der Waals surface area contributed by atoms with Crippen molar-refractivity contribution < 1.29 is 47.5 Å². The van der Waals surface area contributed by atoms with Crippen molar-refractivity contribution in [2.45, 2.75) is 231 Å². The van der Waals surface area contributed by atoms with Crippen molar-refractivity contribution >= 4 is 25.7 Å². The lowest BCUT2D eigenvalue weighted by atomic mass is 10.0. The number of nitrogens with two attached hydrogens (primary N) is 1. The summed E-state index contributed by atoms with van der Waals surface area (Å²) >= 11 is 0. The number of unbranched alkanes of at least 4 members (excludes halogenated alkanes) is 27. The fourth-order valence-corrected chi connectivity index (χ4v) is 7.19. The number of esters is 2. The standard InChI is InChI=1S/C44H84NO10P/c1-3-5-7-9-11-13-14-15-16-17-18-19-20-21-22-23-24-25-26-28-30-32-34-36-43(47)55-40(38-53-56(50,51)54-39-41(45)44(48)49)37-52-42(46)35-33-31-29-27-12-10-8-6-4-2/h17-18,40-41H,3-16,19-39,45H2,1-2H3,(H,48,49)(H,50,51)/b18-17-. The number of allylic oxidation sites excluding steroid dienone is 2. The number of ether oxygens (including phenoxy) is 2. The second kappa shape index (κ2) is 40.0. The molecule has 3 unspecified atom stereocenters. The Hall–Kier alpha value is -1.78. The highest BCUT2D eigenvalue weighted by Gasteiger charge is 2.28. The molecule has 0 spiro atoms. The number of phosphoric ester groups is 1. The van der Waals surface area contributed by atoms with Gasteiger partial charge in [0.25, 0.3) is 0 Å². The molecule has 0 saturated carbocycles. The fourth-order valence-electron chi connectivity index (χ4n) is 6.41. The third-order valence-corrected chi connectivity index (χ3v) is 11.0. The van der Waals surface area contributed by atoms with Gasteiger partial charge in [0, 0.05) is 12.8 Å². The van der Waals surface area contributed by atoms with Crippen LogP contribution in [0.25, 0.3) is 0 Å². The van der Waals surface area contributed by atoms with Gasteiger partial charge in [-0.1, -0.05) is 180 Å². The van der Waals surface area contributed by atoms with Gasteiger partial charge in [-0.3, -0.25) is 23.4 Å². The molecule has 56 heavy (non-hydrogen) atoms. The van der Waals surface area contributed by atoms with Crippen LogP contribution >= 0.6 is 7.82 Å². The summed E-state index contributed by atoms with van der Waals surface area (Å²) < 4.78 is 32.6. The van der Waals surface area contributed by atoms with E-state index in [1.54, 1.807) is 0 Å². The summed E-state index contributed by atoms with van der Waals surface area (Å²) in [5.74, 6) is -2.37. The van der Waals surface area contributed by atoms with Crippen LogP contribution in [0.5, 0.6) is 0 Å². The molecular weight excluding hydrogens is 733 g/mol. The van der Waals surface area contributed by atoms with E-state index in [-0.39, 0.29) is 19.4 Å². The second-order valence-electron chi connectivity index (χ2n) is 15.5. The molecule has 0 aromatic rings. The maximum atomic E-state index is 12.6. The Bertz CT molecular complexity index is 1010. The molecule has 4 N–H and O–H groups in total. The van der Waals surface area contributed by atoms with E-state index in [0.29, 0.717) is 12.8 Å². The molecule has 12 heteroatoms. The summed E-state index contributed by atoms with van der Waals surface area (Å²) in [6.45, 7) is 2.79. The molecule has 0 heterocycles. The minimum absolute atomic E-state index is 0.165. The lowest BCUT2D eigenvalue weighted by Crippen LogP contribution is -2.34. The van der Waals surface area contributed by atoms with E-state index in [1.807, 2.05) is 0 Å². The highest BCUT2D eigenvalue weighted by Crippen LogP contribution is 2.43. The average molecular weight is 818 g/mol. The third-order valence-electron chi connectivity index (χ3n) is 10.0. The Morgan fingerprint density at radius 1 is 0.536 bits per heavy atom. The van der Waals surface area contributed by atoms with Crippen LogP contribution in [0.4, 0.5) is 0 Å². The number of carboxylic acids is 1. The summed E-state index contributed by atoms with van der Waals surface area (Å²) in [5, 5.41) is 8.88. The molecule has 0 rings (SSSR count). The Morgan fingerprint density at radius 2 is 0.893 bits per heavy atom. The maximum Gasteiger partial charge on any atom is 0.472 e. The van der Waals surface area contributed by atoms with Crippen LogP contribution in [0.1, 0.15) is 219 Å². The first-order chi connectivity index (χ1) is 27.1. The van der Waals surface area contributed by atoms with E-state index >= 15 is 0 Å². The summed E-state index contributed by atoms with van der Waals surface area (Å²) in [6, 6.07) is -1.52. The summed E-state index contributed by atoms with van der Waals surface area (Å²) in [7, 11) is -4.71. The lowest BCUT2D eigenvalue weighted by Gasteiger charge is -2.20. The summed E-state index contributed by atoms with van der Waals surface area (Å²) in [5.41, 5.74) is 5.33. The van der Waals surface area contributed by atoms with E-state index in [2.05, 4.69) is 30.5 Å². The number of carbonyl (C=O) groups is 3. The van der Waals surface area contributed by atoms with Crippen molar-refractivity contribution in [2.24, 2.45) is 5.73 Å². The smallest absolute Gasteiger partial charge is 0.472 e. The Morgan fingerprint density at radius 3 is 1.30 bits per heavy atom. The van der Waals surface area contributed by atoms with Crippen LogP contribution in [0, 0.1) is 0 Å². The van der Waals surface area contributed by atoms with Gasteiger partial charge in [-0.2, -0.15) is 0 Å². The predicted octanol–water partition coefficient (Wildman–Crippen LogP) is 12.1. The molecule has 0 aliphatic carbocycles. The summed E-state index contributed by atoms with van der Waals surface area (Å²) in [4.78, 5) is 45.8. The SMILES string of the molecule is CCCCCCCCCC/C=C\CCCCCCCCCCCCCC(=O)OC(COC(=O)CCCCCCCCCCC)COP(=O)(O)OCC(N)C(=O)O. The van der Waals surface area contributed by atoms with Crippen LogP contribution < -0.4 is 5.73 Å².